The Kier molecular flexibility index (Phi) is 2.52. The van der Waals surface area contributed by atoms with E-state index in [-0.39, 0.29) is 0 Å². The van der Waals surface area contributed by atoms with Crippen LogP contribution in [0.2, 0.25) is 0 Å². The van der Waals surface area contributed by atoms with Gasteiger partial charge < -0.3 is 0 Å². The van der Waals surface area contributed by atoms with Crippen molar-refractivity contribution in [3.8, 4) is 0 Å². The van der Waals surface area contributed by atoms with E-state index in [0.717, 1.165) is 10.9 Å². The van der Waals surface area contributed by atoms with E-state index >= 15 is 0 Å². The lowest BCUT2D eigenvalue weighted by atomic mass is 9.90. The zero-order valence-electron chi connectivity index (χ0n) is 6.93. The molecule has 0 spiro atoms. The Morgan fingerprint density at radius 2 is 1.91 bits per heavy atom. The highest BCUT2D eigenvalue weighted by Gasteiger charge is 2.28. The SMILES string of the molecule is BrC1CCCN(C2CCC2)C1. The fourth-order valence-electron chi connectivity index (χ4n) is 2.04. The van der Waals surface area contributed by atoms with Crippen molar-refractivity contribution in [3.05, 3.63) is 0 Å². The molecule has 0 amide bonds. The third kappa shape index (κ3) is 1.78. The lowest BCUT2D eigenvalue weighted by Crippen LogP contribution is -2.46. The first-order valence-electron chi connectivity index (χ1n) is 4.74. The van der Waals surface area contributed by atoms with E-state index in [1.54, 1.807) is 0 Å². The number of nitrogens with zero attached hydrogens (tertiary/aromatic N) is 1. The first-order valence-corrected chi connectivity index (χ1v) is 5.66. The summed E-state index contributed by atoms with van der Waals surface area (Å²) in [5.41, 5.74) is 0. The Hall–Kier alpha value is 0.440. The van der Waals surface area contributed by atoms with Gasteiger partial charge >= 0.3 is 0 Å². The maximum absolute atomic E-state index is 3.71. The number of rotatable bonds is 1. The number of likely N-dealkylation sites (tertiary alicyclic amines) is 1. The van der Waals surface area contributed by atoms with Gasteiger partial charge in [0.15, 0.2) is 0 Å². The van der Waals surface area contributed by atoms with Crippen LogP contribution in [0.4, 0.5) is 0 Å². The van der Waals surface area contributed by atoms with Crippen molar-refractivity contribution in [2.75, 3.05) is 13.1 Å². The zero-order valence-corrected chi connectivity index (χ0v) is 8.52. The standard InChI is InChI=1S/C9H16BrN/c10-8-3-2-6-11(7-8)9-4-1-5-9/h8-9H,1-7H2. The number of piperidine rings is 1. The quantitative estimate of drug-likeness (QED) is 0.611. The minimum atomic E-state index is 0.775. The molecule has 0 radical (unpaired) electrons. The molecule has 64 valence electrons. The predicted octanol–water partition coefficient (Wildman–Crippen LogP) is 2.40. The Balaban J connectivity index is 1.82. The van der Waals surface area contributed by atoms with E-state index in [0.29, 0.717) is 0 Å². The van der Waals surface area contributed by atoms with Crippen LogP contribution in [0.3, 0.4) is 0 Å². The minimum absolute atomic E-state index is 0.775. The Morgan fingerprint density at radius 1 is 1.09 bits per heavy atom. The normalized spacial score (nSPS) is 35.2. The predicted molar refractivity (Wildman–Crippen MR) is 51.2 cm³/mol. The molecule has 2 heteroatoms. The van der Waals surface area contributed by atoms with E-state index in [1.807, 2.05) is 0 Å². The maximum Gasteiger partial charge on any atom is 0.0273 e. The molecular weight excluding hydrogens is 202 g/mol. The molecule has 1 aliphatic heterocycles. The summed E-state index contributed by atoms with van der Waals surface area (Å²) in [4.78, 5) is 3.45. The summed E-state index contributed by atoms with van der Waals surface area (Å²) in [5.74, 6) is 0. The summed E-state index contributed by atoms with van der Waals surface area (Å²) >= 11 is 3.71. The van der Waals surface area contributed by atoms with Crippen LogP contribution in [0.15, 0.2) is 0 Å². The Morgan fingerprint density at radius 3 is 2.45 bits per heavy atom. The molecule has 0 aromatic carbocycles. The monoisotopic (exact) mass is 217 g/mol. The molecule has 1 atom stereocenters. The van der Waals surface area contributed by atoms with Gasteiger partial charge in [-0.1, -0.05) is 22.4 Å². The average molecular weight is 218 g/mol. The summed E-state index contributed by atoms with van der Waals surface area (Å²) < 4.78 is 0. The van der Waals surface area contributed by atoms with Crippen LogP contribution in [-0.2, 0) is 0 Å². The lowest BCUT2D eigenvalue weighted by Gasteiger charge is -2.41. The minimum Gasteiger partial charge on any atom is -0.299 e. The molecule has 2 fully saturated rings. The third-order valence-corrected chi connectivity index (χ3v) is 3.73. The van der Waals surface area contributed by atoms with E-state index in [2.05, 4.69) is 20.8 Å². The summed E-state index contributed by atoms with van der Waals surface area (Å²) in [6, 6.07) is 0.954. The molecule has 1 heterocycles. The molecule has 0 aromatic heterocycles. The van der Waals surface area contributed by atoms with Crippen LogP contribution >= 0.6 is 15.9 Å². The second-order valence-electron chi connectivity index (χ2n) is 3.82. The van der Waals surface area contributed by atoms with Gasteiger partial charge in [0.25, 0.3) is 0 Å². The van der Waals surface area contributed by atoms with Gasteiger partial charge in [-0.3, -0.25) is 4.90 Å². The van der Waals surface area contributed by atoms with Crippen LogP contribution in [0.5, 0.6) is 0 Å². The van der Waals surface area contributed by atoms with Crippen LogP contribution in [0.1, 0.15) is 32.1 Å². The van der Waals surface area contributed by atoms with Gasteiger partial charge in [0.05, 0.1) is 0 Å². The molecule has 2 rings (SSSR count). The van der Waals surface area contributed by atoms with Gasteiger partial charge in [0.2, 0.25) is 0 Å². The molecule has 1 saturated heterocycles. The first kappa shape index (κ1) is 8.06. The van der Waals surface area contributed by atoms with Gasteiger partial charge in [0, 0.05) is 17.4 Å². The molecule has 0 N–H and O–H groups in total. The van der Waals surface area contributed by atoms with Crippen molar-refractivity contribution in [3.63, 3.8) is 0 Å². The van der Waals surface area contributed by atoms with Crippen LogP contribution < -0.4 is 0 Å². The number of hydrogen-bond acceptors (Lipinski definition) is 1. The van der Waals surface area contributed by atoms with Crippen molar-refractivity contribution >= 4 is 15.9 Å². The zero-order chi connectivity index (χ0) is 7.68. The fourth-order valence-corrected chi connectivity index (χ4v) is 2.73. The largest absolute Gasteiger partial charge is 0.299 e. The molecular formula is C9H16BrN. The van der Waals surface area contributed by atoms with E-state index < -0.39 is 0 Å². The molecule has 0 bridgehead atoms. The first-order chi connectivity index (χ1) is 5.36. The molecule has 0 aromatic rings. The summed E-state index contributed by atoms with van der Waals surface area (Å²) in [6.07, 6.45) is 7.16. The third-order valence-electron chi connectivity index (χ3n) is 2.99. The van der Waals surface area contributed by atoms with Crippen molar-refractivity contribution in [1.29, 1.82) is 0 Å². The maximum atomic E-state index is 3.71. The highest BCUT2D eigenvalue weighted by molar-refractivity contribution is 9.09. The van der Waals surface area contributed by atoms with Crippen molar-refractivity contribution in [2.45, 2.75) is 43.0 Å². The lowest BCUT2D eigenvalue weighted by molar-refractivity contribution is 0.109. The van der Waals surface area contributed by atoms with Crippen molar-refractivity contribution < 1.29 is 0 Å². The van der Waals surface area contributed by atoms with Gasteiger partial charge in [-0.15, -0.1) is 0 Å². The molecule has 2 aliphatic rings. The number of halogens is 1. The second kappa shape index (κ2) is 3.44. The topological polar surface area (TPSA) is 3.24 Å². The summed E-state index contributed by atoms with van der Waals surface area (Å²) in [5, 5.41) is 0. The Labute approximate surface area is 77.3 Å². The number of alkyl halides is 1. The van der Waals surface area contributed by atoms with E-state index in [9.17, 15) is 0 Å². The number of hydrogen-bond donors (Lipinski definition) is 0. The molecule has 1 nitrogen and oxygen atoms in total. The fraction of sp³-hybridized carbons (Fsp3) is 1.00. The van der Waals surface area contributed by atoms with Crippen LogP contribution in [0.25, 0.3) is 0 Å². The highest BCUT2D eigenvalue weighted by Crippen LogP contribution is 2.28. The van der Waals surface area contributed by atoms with Crippen molar-refractivity contribution in [2.24, 2.45) is 0 Å². The van der Waals surface area contributed by atoms with E-state index in [4.69, 9.17) is 0 Å². The van der Waals surface area contributed by atoms with Crippen LogP contribution in [0, 0.1) is 0 Å². The van der Waals surface area contributed by atoms with Crippen LogP contribution in [-0.4, -0.2) is 28.9 Å². The average Bonchev–Trinajstić information content (AvgIpc) is 1.83. The second-order valence-corrected chi connectivity index (χ2v) is 5.11. The van der Waals surface area contributed by atoms with Crippen molar-refractivity contribution in [1.82, 2.24) is 4.90 Å². The van der Waals surface area contributed by atoms with Gasteiger partial charge in [-0.25, -0.2) is 0 Å². The highest BCUT2D eigenvalue weighted by atomic mass is 79.9. The molecule has 1 unspecified atom stereocenters. The Bertz CT molecular complexity index is 134. The molecule has 11 heavy (non-hydrogen) atoms. The molecule has 1 saturated carbocycles. The van der Waals surface area contributed by atoms with Gasteiger partial charge in [-0.05, 0) is 32.2 Å². The molecule has 1 aliphatic carbocycles. The van der Waals surface area contributed by atoms with Gasteiger partial charge in [0.1, 0.15) is 0 Å². The van der Waals surface area contributed by atoms with E-state index in [1.165, 1.54) is 45.2 Å². The van der Waals surface area contributed by atoms with Gasteiger partial charge in [-0.2, -0.15) is 0 Å². The summed E-state index contributed by atoms with van der Waals surface area (Å²) in [7, 11) is 0. The summed E-state index contributed by atoms with van der Waals surface area (Å²) in [6.45, 7) is 2.65. The smallest absolute Gasteiger partial charge is 0.0273 e.